The lowest BCUT2D eigenvalue weighted by molar-refractivity contribution is -0.00710. The highest BCUT2D eigenvalue weighted by molar-refractivity contribution is 5.94. The van der Waals surface area contributed by atoms with Crippen molar-refractivity contribution >= 4 is 5.91 Å². The minimum atomic E-state index is -0.169. The van der Waals surface area contributed by atoms with Gasteiger partial charge in [-0.2, -0.15) is 5.10 Å². The highest BCUT2D eigenvalue weighted by Gasteiger charge is 2.31. The lowest BCUT2D eigenvalue weighted by atomic mass is 9.99. The van der Waals surface area contributed by atoms with Crippen LogP contribution in [0, 0.1) is 0 Å². The van der Waals surface area contributed by atoms with E-state index in [2.05, 4.69) is 15.6 Å². The molecule has 2 aromatic heterocycles. The maximum Gasteiger partial charge on any atom is 0.270 e. The Bertz CT molecular complexity index is 737. The van der Waals surface area contributed by atoms with Crippen molar-refractivity contribution in [3.63, 3.8) is 0 Å². The average Bonchev–Trinajstić information content (AvgIpc) is 3.09. The van der Waals surface area contributed by atoms with Crippen LogP contribution in [0.3, 0.4) is 0 Å². The predicted molar refractivity (Wildman–Crippen MR) is 84.3 cm³/mol. The number of ether oxygens (including phenoxy) is 2. The van der Waals surface area contributed by atoms with Gasteiger partial charge in [-0.05, 0) is 13.8 Å². The summed E-state index contributed by atoms with van der Waals surface area (Å²) in [5.41, 5.74) is 3.86. The van der Waals surface area contributed by atoms with Crippen LogP contribution in [0.25, 0.3) is 0 Å². The molecule has 0 aliphatic carbocycles. The molecule has 0 spiro atoms. The summed E-state index contributed by atoms with van der Waals surface area (Å²) in [4.78, 5) is 12.7. The summed E-state index contributed by atoms with van der Waals surface area (Å²) in [6.45, 7) is 4.62. The Morgan fingerprint density at radius 2 is 2.29 bits per heavy atom. The van der Waals surface area contributed by atoms with E-state index in [1.165, 1.54) is 6.26 Å². The summed E-state index contributed by atoms with van der Waals surface area (Å²) >= 11 is 0. The number of rotatable bonds is 5. The monoisotopic (exact) mass is 334 g/mol. The van der Waals surface area contributed by atoms with Gasteiger partial charge in [0, 0.05) is 38.2 Å². The third kappa shape index (κ3) is 3.07. The van der Waals surface area contributed by atoms with E-state index in [0.717, 1.165) is 16.8 Å². The van der Waals surface area contributed by atoms with Crippen LogP contribution in [0.5, 0.6) is 0 Å². The van der Waals surface area contributed by atoms with Gasteiger partial charge in [0.05, 0.1) is 24.5 Å². The number of aryl methyl sites for hydroxylation is 1. The summed E-state index contributed by atoms with van der Waals surface area (Å²) < 4.78 is 17.4. The Balaban J connectivity index is 1.77. The van der Waals surface area contributed by atoms with Crippen LogP contribution in [0.15, 0.2) is 10.8 Å². The minimum Gasteiger partial charge on any atom is -0.378 e. The van der Waals surface area contributed by atoms with E-state index in [4.69, 9.17) is 14.0 Å². The summed E-state index contributed by atoms with van der Waals surface area (Å²) in [7, 11) is 3.36. The smallest absolute Gasteiger partial charge is 0.270 e. The first-order valence-corrected chi connectivity index (χ1v) is 7.91. The van der Waals surface area contributed by atoms with Crippen molar-refractivity contribution in [2.24, 2.45) is 7.05 Å². The van der Waals surface area contributed by atoms with Crippen molar-refractivity contribution in [3.8, 4) is 0 Å². The number of carbonyl (C=O) groups is 1. The zero-order valence-corrected chi connectivity index (χ0v) is 14.3. The molecule has 130 valence electrons. The van der Waals surface area contributed by atoms with Crippen LogP contribution in [0.2, 0.25) is 0 Å². The molecular formula is C16H22N4O4. The molecular weight excluding hydrogens is 312 g/mol. The molecule has 3 heterocycles. The van der Waals surface area contributed by atoms with Crippen LogP contribution in [0.1, 0.15) is 53.0 Å². The molecule has 0 bridgehead atoms. The molecule has 8 nitrogen and oxygen atoms in total. The highest BCUT2D eigenvalue weighted by Crippen LogP contribution is 2.31. The van der Waals surface area contributed by atoms with E-state index >= 15 is 0 Å². The number of hydrogen-bond donors (Lipinski definition) is 1. The molecule has 0 saturated heterocycles. The molecule has 1 amide bonds. The SMILES string of the molecule is COCc1nocc1CNC(=O)c1c2c(nn1C)[C@H](C)O[C@H](C)C2. The van der Waals surface area contributed by atoms with Gasteiger partial charge in [-0.15, -0.1) is 0 Å². The fraction of sp³-hybridized carbons (Fsp3) is 0.562. The summed E-state index contributed by atoms with van der Waals surface area (Å²) in [5.74, 6) is -0.169. The lowest BCUT2D eigenvalue weighted by Gasteiger charge is -2.24. The largest absolute Gasteiger partial charge is 0.378 e. The topological polar surface area (TPSA) is 91.4 Å². The molecule has 0 aromatic carbocycles. The van der Waals surface area contributed by atoms with Gasteiger partial charge in [0.1, 0.15) is 17.7 Å². The normalized spacial score (nSPS) is 20.0. The highest BCUT2D eigenvalue weighted by atomic mass is 16.5. The number of methoxy groups -OCH3 is 1. The second kappa shape index (κ2) is 6.74. The van der Waals surface area contributed by atoms with Crippen LogP contribution in [-0.4, -0.2) is 34.1 Å². The summed E-state index contributed by atoms with van der Waals surface area (Å²) in [6, 6.07) is 0. The molecule has 1 N–H and O–H groups in total. The minimum absolute atomic E-state index is 0.0645. The number of fused-ring (bicyclic) bond motifs is 1. The van der Waals surface area contributed by atoms with Gasteiger partial charge >= 0.3 is 0 Å². The van der Waals surface area contributed by atoms with Crippen molar-refractivity contribution < 1.29 is 18.8 Å². The first-order chi connectivity index (χ1) is 11.5. The van der Waals surface area contributed by atoms with Crippen molar-refractivity contribution in [2.75, 3.05) is 7.11 Å². The Labute approximate surface area is 140 Å². The number of carbonyl (C=O) groups excluding carboxylic acids is 1. The molecule has 8 heteroatoms. The quantitative estimate of drug-likeness (QED) is 0.891. The number of aromatic nitrogens is 3. The van der Waals surface area contributed by atoms with Crippen molar-refractivity contribution in [2.45, 2.75) is 45.6 Å². The predicted octanol–water partition coefficient (Wildman–Crippen LogP) is 1.51. The molecule has 0 unspecified atom stereocenters. The number of amides is 1. The van der Waals surface area contributed by atoms with Crippen molar-refractivity contribution in [1.29, 1.82) is 0 Å². The maximum absolute atomic E-state index is 12.7. The molecule has 0 fully saturated rings. The lowest BCUT2D eigenvalue weighted by Crippen LogP contribution is -2.28. The molecule has 24 heavy (non-hydrogen) atoms. The van der Waals surface area contributed by atoms with E-state index in [1.807, 2.05) is 13.8 Å². The van der Waals surface area contributed by atoms with Crippen LogP contribution in [0.4, 0.5) is 0 Å². The fourth-order valence-electron chi connectivity index (χ4n) is 3.09. The van der Waals surface area contributed by atoms with E-state index in [-0.39, 0.29) is 18.1 Å². The van der Waals surface area contributed by atoms with Crippen LogP contribution < -0.4 is 5.32 Å². The van der Waals surface area contributed by atoms with E-state index < -0.39 is 0 Å². The van der Waals surface area contributed by atoms with E-state index in [0.29, 0.717) is 31.0 Å². The van der Waals surface area contributed by atoms with Gasteiger partial charge < -0.3 is 19.3 Å². The first-order valence-electron chi connectivity index (χ1n) is 7.91. The first kappa shape index (κ1) is 16.7. The molecule has 0 radical (unpaired) electrons. The molecule has 2 aromatic rings. The van der Waals surface area contributed by atoms with Gasteiger partial charge in [-0.1, -0.05) is 5.16 Å². The Morgan fingerprint density at radius 3 is 3.04 bits per heavy atom. The third-order valence-corrected chi connectivity index (χ3v) is 4.15. The maximum atomic E-state index is 12.7. The Hall–Kier alpha value is -2.19. The number of nitrogens with zero attached hydrogens (tertiary/aromatic N) is 3. The average molecular weight is 334 g/mol. The molecule has 2 atom stereocenters. The van der Waals surface area contributed by atoms with Gasteiger partial charge in [0.2, 0.25) is 0 Å². The van der Waals surface area contributed by atoms with Crippen molar-refractivity contribution in [1.82, 2.24) is 20.3 Å². The van der Waals surface area contributed by atoms with Gasteiger partial charge in [0.15, 0.2) is 0 Å². The van der Waals surface area contributed by atoms with Gasteiger partial charge in [-0.3, -0.25) is 9.48 Å². The Kier molecular flexibility index (Phi) is 4.68. The fourth-order valence-corrected chi connectivity index (χ4v) is 3.09. The molecule has 0 saturated carbocycles. The third-order valence-electron chi connectivity index (χ3n) is 4.15. The zero-order chi connectivity index (χ0) is 17.3. The number of hydrogen-bond acceptors (Lipinski definition) is 6. The van der Waals surface area contributed by atoms with Gasteiger partial charge in [-0.25, -0.2) is 0 Å². The molecule has 3 rings (SSSR count). The standard InChI is InChI=1S/C16H22N4O4/c1-9-5-12-14(10(2)24-9)18-20(3)15(12)16(21)17-6-11-7-23-19-13(11)8-22-4/h7,9-10H,5-6,8H2,1-4H3,(H,17,21)/t9-,10+/m1/s1. The van der Waals surface area contributed by atoms with Crippen LogP contribution in [-0.2, 0) is 36.1 Å². The second-order valence-electron chi connectivity index (χ2n) is 6.03. The summed E-state index contributed by atoms with van der Waals surface area (Å²) in [6.07, 6.45) is 2.15. The number of nitrogens with one attached hydrogen (secondary N) is 1. The van der Waals surface area contributed by atoms with E-state index in [9.17, 15) is 4.79 Å². The van der Waals surface area contributed by atoms with Gasteiger partial charge in [0.25, 0.3) is 5.91 Å². The van der Waals surface area contributed by atoms with Crippen LogP contribution >= 0.6 is 0 Å². The Morgan fingerprint density at radius 1 is 1.50 bits per heavy atom. The molecule has 1 aliphatic rings. The molecule has 1 aliphatic heterocycles. The van der Waals surface area contributed by atoms with E-state index in [1.54, 1.807) is 18.8 Å². The summed E-state index contributed by atoms with van der Waals surface area (Å²) in [5, 5.41) is 11.2. The second-order valence-corrected chi connectivity index (χ2v) is 6.03. The van der Waals surface area contributed by atoms with Crippen molar-refractivity contribution in [3.05, 3.63) is 34.5 Å². The zero-order valence-electron chi connectivity index (χ0n) is 14.3.